The van der Waals surface area contributed by atoms with Crippen LogP contribution in [-0.4, -0.2) is 59.0 Å². The summed E-state index contributed by atoms with van der Waals surface area (Å²) in [4.78, 5) is 41.6. The first-order chi connectivity index (χ1) is 17.3. The van der Waals surface area contributed by atoms with Gasteiger partial charge in [0.15, 0.2) is 0 Å². The Morgan fingerprint density at radius 2 is 1.68 bits per heavy atom. The van der Waals surface area contributed by atoms with Crippen LogP contribution in [0.15, 0.2) is 18.2 Å². The number of hydrogen-bond donors (Lipinski definition) is 1. The van der Waals surface area contributed by atoms with Crippen LogP contribution >= 0.6 is 0 Å². The predicted molar refractivity (Wildman–Crippen MR) is 129 cm³/mol. The number of benzene rings is 1. The van der Waals surface area contributed by atoms with Gasteiger partial charge >= 0.3 is 12.3 Å². The van der Waals surface area contributed by atoms with Crippen LogP contribution in [0, 0.1) is 5.92 Å². The van der Waals surface area contributed by atoms with E-state index < -0.39 is 42.1 Å². The molecule has 1 unspecified atom stereocenters. The van der Waals surface area contributed by atoms with Gasteiger partial charge in [-0.2, -0.15) is 13.2 Å². The second kappa shape index (κ2) is 11.7. The van der Waals surface area contributed by atoms with Gasteiger partial charge in [-0.25, -0.2) is 9.18 Å². The zero-order chi connectivity index (χ0) is 27.4. The molecule has 37 heavy (non-hydrogen) atoms. The third-order valence-corrected chi connectivity index (χ3v) is 6.57. The van der Waals surface area contributed by atoms with Crippen LogP contribution in [0.2, 0.25) is 0 Å². The van der Waals surface area contributed by atoms with E-state index in [1.165, 1.54) is 11.0 Å². The summed E-state index contributed by atoms with van der Waals surface area (Å²) in [5, 5.41) is 2.45. The molecule has 0 saturated carbocycles. The molecule has 2 aliphatic heterocycles. The number of likely N-dealkylation sites (tertiary alicyclic amines) is 2. The van der Waals surface area contributed by atoms with Crippen molar-refractivity contribution in [2.24, 2.45) is 5.92 Å². The maximum absolute atomic E-state index is 13.3. The number of carbonyl (C=O) groups excluding carboxylic acids is 3. The van der Waals surface area contributed by atoms with E-state index in [-0.39, 0.29) is 29.5 Å². The molecule has 2 aliphatic rings. The number of rotatable bonds is 5. The Morgan fingerprint density at radius 3 is 2.27 bits per heavy atom. The van der Waals surface area contributed by atoms with Gasteiger partial charge < -0.3 is 15.0 Å². The number of nitrogens with one attached hydrogen (secondary N) is 1. The number of nitrogens with zero attached hydrogens (tertiary/aromatic N) is 2. The fourth-order valence-electron chi connectivity index (χ4n) is 4.77. The third-order valence-electron chi connectivity index (χ3n) is 6.57. The molecule has 11 heteroatoms. The molecule has 3 amide bonds. The average molecular weight is 530 g/mol. The molecule has 1 aromatic carbocycles. The van der Waals surface area contributed by atoms with E-state index in [0.29, 0.717) is 38.9 Å². The van der Waals surface area contributed by atoms with Gasteiger partial charge in [0, 0.05) is 31.7 Å². The molecule has 206 valence electrons. The molecule has 0 aromatic heterocycles. The molecule has 0 spiro atoms. The fraction of sp³-hybridized carbons (Fsp3) is 0.654. The first kappa shape index (κ1) is 28.7. The van der Waals surface area contributed by atoms with E-state index in [9.17, 15) is 31.9 Å². The number of halogens is 4. The number of amides is 3. The van der Waals surface area contributed by atoms with Crippen molar-refractivity contribution in [3.8, 4) is 0 Å². The first-order valence-corrected chi connectivity index (χ1v) is 12.6. The fourth-order valence-corrected chi connectivity index (χ4v) is 4.77. The van der Waals surface area contributed by atoms with E-state index in [1.807, 2.05) is 0 Å². The highest BCUT2D eigenvalue weighted by molar-refractivity contribution is 5.91. The van der Waals surface area contributed by atoms with Gasteiger partial charge in [-0.1, -0.05) is 0 Å². The molecule has 0 bridgehead atoms. The third kappa shape index (κ3) is 8.07. The standard InChI is InChI=1S/C26H35F4N3O4/c1-25(2,3)37-24(36)33-9-5-4-6-21(33)23(35)32-10-7-17(8-11-32)14-22(34)31-20-13-18(16-27)12-19(15-20)26(28,29)30/h12-13,15,17,21H,4-11,14,16H2,1-3H3,(H,31,34). The second-order valence-electron chi connectivity index (χ2n) is 10.8. The van der Waals surface area contributed by atoms with Gasteiger partial charge in [-0.05, 0) is 82.6 Å². The van der Waals surface area contributed by atoms with Gasteiger partial charge in [0.05, 0.1) is 5.56 Å². The maximum atomic E-state index is 13.3. The van der Waals surface area contributed by atoms with Crippen molar-refractivity contribution in [3.63, 3.8) is 0 Å². The molecule has 2 heterocycles. The Morgan fingerprint density at radius 1 is 1.00 bits per heavy atom. The monoisotopic (exact) mass is 529 g/mol. The highest BCUT2D eigenvalue weighted by Crippen LogP contribution is 2.33. The lowest BCUT2D eigenvalue weighted by molar-refractivity contribution is -0.139. The molecule has 1 aromatic rings. The highest BCUT2D eigenvalue weighted by Gasteiger charge is 2.38. The quantitative estimate of drug-likeness (QED) is 0.509. The number of anilines is 1. The zero-order valence-corrected chi connectivity index (χ0v) is 21.5. The topological polar surface area (TPSA) is 79.0 Å². The minimum Gasteiger partial charge on any atom is -0.444 e. The zero-order valence-electron chi connectivity index (χ0n) is 21.5. The Hall–Kier alpha value is -2.85. The van der Waals surface area contributed by atoms with Crippen LogP contribution in [0.4, 0.5) is 28.0 Å². The van der Waals surface area contributed by atoms with Crippen molar-refractivity contribution in [1.29, 1.82) is 0 Å². The van der Waals surface area contributed by atoms with E-state index in [2.05, 4.69) is 5.32 Å². The molecular weight excluding hydrogens is 494 g/mol. The number of ether oxygens (including phenoxy) is 1. The van der Waals surface area contributed by atoms with Crippen LogP contribution in [0.3, 0.4) is 0 Å². The van der Waals surface area contributed by atoms with E-state index in [4.69, 9.17) is 4.74 Å². The molecule has 2 fully saturated rings. The maximum Gasteiger partial charge on any atom is 0.416 e. The van der Waals surface area contributed by atoms with Crippen LogP contribution in [0.1, 0.15) is 70.4 Å². The van der Waals surface area contributed by atoms with Crippen molar-refractivity contribution in [2.45, 2.75) is 83.8 Å². The molecule has 2 saturated heterocycles. The van der Waals surface area contributed by atoms with E-state index >= 15 is 0 Å². The van der Waals surface area contributed by atoms with Crippen LogP contribution in [0.25, 0.3) is 0 Å². The number of alkyl halides is 4. The smallest absolute Gasteiger partial charge is 0.416 e. The molecule has 0 radical (unpaired) electrons. The molecule has 0 aliphatic carbocycles. The second-order valence-corrected chi connectivity index (χ2v) is 10.8. The lowest BCUT2D eigenvalue weighted by atomic mass is 9.92. The van der Waals surface area contributed by atoms with Crippen molar-refractivity contribution < 1.29 is 36.7 Å². The lowest BCUT2D eigenvalue weighted by Gasteiger charge is -2.40. The largest absolute Gasteiger partial charge is 0.444 e. The summed E-state index contributed by atoms with van der Waals surface area (Å²) in [6, 6.07) is 2.13. The van der Waals surface area contributed by atoms with Gasteiger partial charge in [0.25, 0.3) is 0 Å². The van der Waals surface area contributed by atoms with Crippen molar-refractivity contribution in [3.05, 3.63) is 29.3 Å². The minimum atomic E-state index is -4.65. The summed E-state index contributed by atoms with van der Waals surface area (Å²) >= 11 is 0. The van der Waals surface area contributed by atoms with Crippen LogP contribution < -0.4 is 5.32 Å². The first-order valence-electron chi connectivity index (χ1n) is 12.6. The molecule has 1 atom stereocenters. The van der Waals surface area contributed by atoms with E-state index in [0.717, 1.165) is 25.0 Å². The number of carbonyl (C=O) groups is 3. The van der Waals surface area contributed by atoms with Gasteiger partial charge in [-0.15, -0.1) is 0 Å². The van der Waals surface area contributed by atoms with Crippen LogP contribution in [-0.2, 0) is 27.2 Å². The number of piperidine rings is 2. The highest BCUT2D eigenvalue weighted by atomic mass is 19.4. The molecule has 3 rings (SSSR count). The predicted octanol–water partition coefficient (Wildman–Crippen LogP) is 5.53. The van der Waals surface area contributed by atoms with E-state index in [1.54, 1.807) is 25.7 Å². The summed E-state index contributed by atoms with van der Waals surface area (Å²) in [5.74, 6) is -0.641. The Bertz CT molecular complexity index is 985. The Balaban J connectivity index is 1.54. The van der Waals surface area contributed by atoms with Gasteiger partial charge in [0.2, 0.25) is 11.8 Å². The van der Waals surface area contributed by atoms with Crippen molar-refractivity contribution in [2.75, 3.05) is 25.0 Å². The van der Waals surface area contributed by atoms with Crippen molar-refractivity contribution >= 4 is 23.6 Å². The molecular formula is C26H35F4N3O4. The van der Waals surface area contributed by atoms with Crippen LogP contribution in [0.5, 0.6) is 0 Å². The number of hydrogen-bond acceptors (Lipinski definition) is 4. The summed E-state index contributed by atoms with van der Waals surface area (Å²) in [6.07, 6.45) is -1.75. The lowest BCUT2D eigenvalue weighted by Crippen LogP contribution is -2.55. The summed E-state index contributed by atoms with van der Waals surface area (Å²) in [7, 11) is 0. The SMILES string of the molecule is CC(C)(C)OC(=O)N1CCCCC1C(=O)N1CCC(CC(=O)Nc2cc(CF)cc(C(F)(F)F)c2)CC1. The molecule has 1 N–H and O–H groups in total. The Kier molecular flexibility index (Phi) is 9.07. The summed E-state index contributed by atoms with van der Waals surface area (Å²) in [6.45, 7) is 5.56. The summed E-state index contributed by atoms with van der Waals surface area (Å²) < 4.78 is 57.7. The Labute approximate surface area is 214 Å². The minimum absolute atomic E-state index is 0.0520. The average Bonchev–Trinajstić information content (AvgIpc) is 2.82. The normalized spacial score (nSPS) is 19.5. The van der Waals surface area contributed by atoms with Crippen molar-refractivity contribution in [1.82, 2.24) is 9.80 Å². The summed E-state index contributed by atoms with van der Waals surface area (Å²) in [5.41, 5.74) is -1.95. The molecule has 7 nitrogen and oxygen atoms in total. The van der Waals surface area contributed by atoms with Gasteiger partial charge in [-0.3, -0.25) is 14.5 Å². The van der Waals surface area contributed by atoms with Gasteiger partial charge in [0.1, 0.15) is 18.3 Å².